The second-order valence-corrected chi connectivity index (χ2v) is 6.55. The van der Waals surface area contributed by atoms with Crippen LogP contribution in [0.1, 0.15) is 58.4 Å². The van der Waals surface area contributed by atoms with Gasteiger partial charge in [-0.2, -0.15) is 5.10 Å². The van der Waals surface area contributed by atoms with Gasteiger partial charge in [-0.1, -0.05) is 27.2 Å². The Morgan fingerprint density at radius 3 is 2.50 bits per heavy atom. The zero-order chi connectivity index (χ0) is 13.4. The van der Waals surface area contributed by atoms with Crippen molar-refractivity contribution in [2.45, 2.75) is 58.5 Å². The van der Waals surface area contributed by atoms with Crippen molar-refractivity contribution in [1.29, 1.82) is 0 Å². The van der Waals surface area contributed by atoms with Crippen molar-refractivity contribution in [3.05, 3.63) is 18.0 Å². The van der Waals surface area contributed by atoms with Gasteiger partial charge in [0.05, 0.1) is 11.8 Å². The molecule has 0 unspecified atom stereocenters. The summed E-state index contributed by atoms with van der Waals surface area (Å²) in [6, 6.07) is 0. The number of aryl methyl sites for hydroxylation is 1. The summed E-state index contributed by atoms with van der Waals surface area (Å²) in [6.45, 7) is 6.97. The Hall–Kier alpha value is -0.830. The van der Waals surface area contributed by atoms with E-state index in [0.29, 0.717) is 5.41 Å². The van der Waals surface area contributed by atoms with Crippen molar-refractivity contribution in [2.24, 2.45) is 18.4 Å². The lowest BCUT2D eigenvalue weighted by Gasteiger charge is -2.42. The maximum Gasteiger partial charge on any atom is 0.0927 e. The number of aromatic nitrogens is 2. The molecule has 1 heterocycles. The van der Waals surface area contributed by atoms with Gasteiger partial charge in [-0.3, -0.25) is 4.68 Å². The summed E-state index contributed by atoms with van der Waals surface area (Å²) in [5.41, 5.74) is 0.739. The zero-order valence-electron chi connectivity index (χ0n) is 12.1. The van der Waals surface area contributed by atoms with Crippen molar-refractivity contribution >= 4 is 0 Å². The molecule has 102 valence electrons. The third-order valence-electron chi connectivity index (χ3n) is 5.07. The summed E-state index contributed by atoms with van der Waals surface area (Å²) in [5, 5.41) is 14.9. The lowest BCUT2D eigenvalue weighted by Crippen LogP contribution is -2.36. The highest BCUT2D eigenvalue weighted by Crippen LogP contribution is 2.46. The molecule has 2 rings (SSSR count). The molecule has 1 saturated carbocycles. The van der Waals surface area contributed by atoms with Gasteiger partial charge in [0.2, 0.25) is 0 Å². The Bertz CT molecular complexity index is 400. The van der Waals surface area contributed by atoms with Crippen LogP contribution in [0, 0.1) is 11.3 Å². The molecule has 1 aromatic heterocycles. The first-order valence-corrected chi connectivity index (χ1v) is 7.09. The van der Waals surface area contributed by atoms with Crippen LogP contribution in [0.15, 0.2) is 12.4 Å². The third-order valence-corrected chi connectivity index (χ3v) is 5.07. The largest absolute Gasteiger partial charge is 0.385 e. The molecular formula is C15H26N2O. The van der Waals surface area contributed by atoms with E-state index >= 15 is 0 Å². The summed E-state index contributed by atoms with van der Waals surface area (Å²) < 4.78 is 1.77. The molecule has 0 spiro atoms. The molecule has 0 atom stereocenters. The van der Waals surface area contributed by atoms with Crippen LogP contribution in [0.2, 0.25) is 0 Å². The second-order valence-electron chi connectivity index (χ2n) is 6.55. The van der Waals surface area contributed by atoms with E-state index in [4.69, 9.17) is 0 Å². The van der Waals surface area contributed by atoms with Crippen LogP contribution in [0.4, 0.5) is 0 Å². The maximum atomic E-state index is 10.8. The number of hydrogen-bond donors (Lipinski definition) is 1. The summed E-state index contributed by atoms with van der Waals surface area (Å²) in [4.78, 5) is 0. The summed E-state index contributed by atoms with van der Waals surface area (Å²) >= 11 is 0. The summed E-state index contributed by atoms with van der Waals surface area (Å²) in [6.07, 6.45) is 8.94. The average molecular weight is 250 g/mol. The molecule has 0 aromatic carbocycles. The third kappa shape index (κ3) is 2.46. The van der Waals surface area contributed by atoms with E-state index in [1.807, 2.05) is 19.4 Å². The Balaban J connectivity index is 2.06. The predicted molar refractivity (Wildman–Crippen MR) is 73.1 cm³/mol. The minimum Gasteiger partial charge on any atom is -0.385 e. The van der Waals surface area contributed by atoms with Crippen LogP contribution >= 0.6 is 0 Å². The molecule has 1 aliphatic carbocycles. The minimum absolute atomic E-state index is 0.399. The van der Waals surface area contributed by atoms with Gasteiger partial charge in [0.15, 0.2) is 0 Å². The Morgan fingerprint density at radius 1 is 1.44 bits per heavy atom. The van der Waals surface area contributed by atoms with Gasteiger partial charge in [-0.15, -0.1) is 0 Å². The maximum absolute atomic E-state index is 10.8. The average Bonchev–Trinajstić information content (AvgIpc) is 2.77. The van der Waals surface area contributed by atoms with Crippen molar-refractivity contribution in [2.75, 3.05) is 0 Å². The molecule has 3 heteroatoms. The molecule has 0 saturated heterocycles. The molecular weight excluding hydrogens is 224 g/mol. The quantitative estimate of drug-likeness (QED) is 0.894. The molecule has 0 bridgehead atoms. The van der Waals surface area contributed by atoms with E-state index in [2.05, 4.69) is 25.9 Å². The highest BCUT2D eigenvalue weighted by atomic mass is 16.3. The molecule has 1 aromatic rings. The minimum atomic E-state index is -0.644. The topological polar surface area (TPSA) is 38.1 Å². The molecule has 0 amide bonds. The fourth-order valence-electron chi connectivity index (χ4n) is 3.12. The smallest absolute Gasteiger partial charge is 0.0927 e. The van der Waals surface area contributed by atoms with Crippen LogP contribution in [-0.2, 0) is 12.6 Å². The molecule has 18 heavy (non-hydrogen) atoms. The number of hydrogen-bond acceptors (Lipinski definition) is 2. The first-order chi connectivity index (χ1) is 8.37. The SMILES string of the molecule is CCC(C)(C)C1CCC(O)(c2cnn(C)c2)CC1. The monoisotopic (exact) mass is 250 g/mol. The fourth-order valence-corrected chi connectivity index (χ4v) is 3.12. The van der Waals surface area contributed by atoms with Gasteiger partial charge < -0.3 is 5.11 Å². The lowest BCUT2D eigenvalue weighted by molar-refractivity contribution is -0.0328. The highest BCUT2D eigenvalue weighted by molar-refractivity contribution is 5.16. The van der Waals surface area contributed by atoms with Crippen molar-refractivity contribution in [1.82, 2.24) is 9.78 Å². The van der Waals surface area contributed by atoms with Gasteiger partial charge in [0, 0.05) is 18.8 Å². The van der Waals surface area contributed by atoms with Crippen LogP contribution in [0.3, 0.4) is 0 Å². The highest BCUT2D eigenvalue weighted by Gasteiger charge is 2.39. The standard InChI is InChI=1S/C15H26N2O/c1-5-14(2,3)12-6-8-15(18,9-7-12)13-10-16-17(4)11-13/h10-12,18H,5-9H2,1-4H3. The van der Waals surface area contributed by atoms with E-state index in [9.17, 15) is 5.11 Å². The van der Waals surface area contributed by atoms with Crippen molar-refractivity contribution < 1.29 is 5.11 Å². The predicted octanol–water partition coefficient (Wildman–Crippen LogP) is 3.23. The summed E-state index contributed by atoms with van der Waals surface area (Å²) in [7, 11) is 1.90. The Labute approximate surface area is 110 Å². The number of nitrogens with zero attached hydrogens (tertiary/aromatic N) is 2. The molecule has 1 aliphatic rings. The number of rotatable bonds is 3. The second kappa shape index (κ2) is 4.69. The summed E-state index contributed by atoms with van der Waals surface area (Å²) in [5.74, 6) is 0.736. The first kappa shape index (κ1) is 13.6. The lowest BCUT2D eigenvalue weighted by atomic mass is 9.65. The Morgan fingerprint density at radius 2 is 2.06 bits per heavy atom. The number of aliphatic hydroxyl groups is 1. The van der Waals surface area contributed by atoms with Crippen LogP contribution in [-0.4, -0.2) is 14.9 Å². The van der Waals surface area contributed by atoms with Crippen molar-refractivity contribution in [3.63, 3.8) is 0 Å². The van der Waals surface area contributed by atoms with Gasteiger partial charge >= 0.3 is 0 Å². The normalized spacial score (nSPS) is 29.5. The molecule has 0 aliphatic heterocycles. The molecule has 3 nitrogen and oxygen atoms in total. The van der Waals surface area contributed by atoms with E-state index in [0.717, 1.165) is 37.2 Å². The fraction of sp³-hybridized carbons (Fsp3) is 0.800. The van der Waals surface area contributed by atoms with E-state index in [1.54, 1.807) is 4.68 Å². The van der Waals surface area contributed by atoms with E-state index < -0.39 is 5.60 Å². The van der Waals surface area contributed by atoms with Crippen LogP contribution in [0.25, 0.3) is 0 Å². The molecule has 1 fully saturated rings. The zero-order valence-corrected chi connectivity index (χ0v) is 12.1. The Kier molecular flexibility index (Phi) is 3.54. The van der Waals surface area contributed by atoms with Gasteiger partial charge in [-0.05, 0) is 37.0 Å². The van der Waals surface area contributed by atoms with Gasteiger partial charge in [-0.25, -0.2) is 0 Å². The van der Waals surface area contributed by atoms with Crippen LogP contribution in [0.5, 0.6) is 0 Å². The van der Waals surface area contributed by atoms with Crippen LogP contribution < -0.4 is 0 Å². The molecule has 0 radical (unpaired) electrons. The van der Waals surface area contributed by atoms with E-state index in [-0.39, 0.29) is 0 Å². The van der Waals surface area contributed by atoms with Gasteiger partial charge in [0.1, 0.15) is 0 Å². The van der Waals surface area contributed by atoms with Gasteiger partial charge in [0.25, 0.3) is 0 Å². The first-order valence-electron chi connectivity index (χ1n) is 7.09. The molecule has 1 N–H and O–H groups in total. The van der Waals surface area contributed by atoms with Crippen molar-refractivity contribution in [3.8, 4) is 0 Å². The van der Waals surface area contributed by atoms with E-state index in [1.165, 1.54) is 6.42 Å².